The van der Waals surface area contributed by atoms with Crippen LogP contribution in [0.1, 0.15) is 22.8 Å². The van der Waals surface area contributed by atoms with Gasteiger partial charge in [0.2, 0.25) is 5.82 Å². The molecule has 0 unspecified atom stereocenters. The fourth-order valence-corrected chi connectivity index (χ4v) is 2.82. The molecule has 0 amide bonds. The first-order chi connectivity index (χ1) is 12.6. The molecule has 0 bridgehead atoms. The van der Waals surface area contributed by atoms with Crippen molar-refractivity contribution in [1.82, 2.24) is 35.0 Å². The largest absolute Gasteiger partial charge is 0.461 e. The molecule has 0 aliphatic rings. The van der Waals surface area contributed by atoms with Gasteiger partial charge in [-0.3, -0.25) is 0 Å². The minimum absolute atomic E-state index is 0.569. The zero-order valence-electron chi connectivity index (χ0n) is 14.9. The number of nitrogens with zero attached hydrogens (tertiary/aromatic N) is 7. The van der Waals surface area contributed by atoms with Crippen LogP contribution < -0.4 is 0 Å². The zero-order valence-corrected chi connectivity index (χ0v) is 14.9. The first-order valence-electron chi connectivity index (χ1n) is 8.42. The third-order valence-corrected chi connectivity index (χ3v) is 4.27. The van der Waals surface area contributed by atoms with Crippen LogP contribution in [0.3, 0.4) is 0 Å². The van der Waals surface area contributed by atoms with E-state index in [0.717, 1.165) is 22.9 Å². The lowest BCUT2D eigenvalue weighted by Gasteiger charge is -2.10. The van der Waals surface area contributed by atoms with Gasteiger partial charge in [0, 0.05) is 6.42 Å². The van der Waals surface area contributed by atoms with E-state index >= 15 is 0 Å². The second kappa shape index (κ2) is 6.55. The Hall–Kier alpha value is -3.29. The Morgan fingerprint density at radius 2 is 2.00 bits per heavy atom. The van der Waals surface area contributed by atoms with Gasteiger partial charge in [0.05, 0.1) is 18.5 Å². The maximum absolute atomic E-state index is 5.47. The zero-order chi connectivity index (χ0) is 18.1. The van der Waals surface area contributed by atoms with Crippen LogP contribution >= 0.6 is 0 Å². The molecule has 0 saturated carbocycles. The van der Waals surface area contributed by atoms with Gasteiger partial charge in [-0.15, -0.1) is 10.2 Å². The first-order valence-corrected chi connectivity index (χ1v) is 8.42. The van der Waals surface area contributed by atoms with Crippen LogP contribution in [0.5, 0.6) is 0 Å². The lowest BCUT2D eigenvalue weighted by Crippen LogP contribution is -2.11. The summed E-state index contributed by atoms with van der Waals surface area (Å²) in [6, 6.07) is 9.99. The molecule has 8 heteroatoms. The van der Waals surface area contributed by atoms with Crippen LogP contribution in [-0.2, 0) is 13.0 Å². The summed E-state index contributed by atoms with van der Waals surface area (Å²) in [5.74, 6) is 2.82. The first kappa shape index (κ1) is 16.2. The molecule has 1 aromatic carbocycles. The van der Waals surface area contributed by atoms with E-state index in [1.165, 1.54) is 5.56 Å². The van der Waals surface area contributed by atoms with Crippen molar-refractivity contribution in [2.24, 2.45) is 0 Å². The Kier molecular flexibility index (Phi) is 4.08. The number of aromatic nitrogens is 7. The average molecular weight is 349 g/mol. The van der Waals surface area contributed by atoms with Gasteiger partial charge in [-0.05, 0) is 60.5 Å². The second-order valence-electron chi connectivity index (χ2n) is 6.23. The fourth-order valence-electron chi connectivity index (χ4n) is 2.82. The van der Waals surface area contributed by atoms with Gasteiger partial charge >= 0.3 is 0 Å². The Morgan fingerprint density at radius 3 is 2.73 bits per heavy atom. The highest BCUT2D eigenvalue weighted by Crippen LogP contribution is 2.22. The molecule has 4 aromatic rings. The summed E-state index contributed by atoms with van der Waals surface area (Å²) in [7, 11) is 0. The van der Waals surface area contributed by atoms with Gasteiger partial charge in [0.25, 0.3) is 0 Å². The van der Waals surface area contributed by atoms with Crippen molar-refractivity contribution in [3.63, 3.8) is 0 Å². The molecule has 132 valence electrons. The van der Waals surface area contributed by atoms with Crippen LogP contribution in [0, 0.1) is 20.8 Å². The Morgan fingerprint density at radius 1 is 1.12 bits per heavy atom. The van der Waals surface area contributed by atoms with Crippen molar-refractivity contribution < 1.29 is 4.42 Å². The number of tetrazole rings is 1. The third-order valence-electron chi connectivity index (χ3n) is 4.27. The summed E-state index contributed by atoms with van der Waals surface area (Å²) < 4.78 is 9.12. The predicted octanol–water partition coefficient (Wildman–Crippen LogP) is 2.68. The van der Waals surface area contributed by atoms with Crippen molar-refractivity contribution >= 4 is 0 Å². The van der Waals surface area contributed by atoms with Crippen LogP contribution in [0.4, 0.5) is 0 Å². The van der Waals surface area contributed by atoms with Gasteiger partial charge in [-0.2, -0.15) is 0 Å². The highest BCUT2D eigenvalue weighted by molar-refractivity contribution is 5.49. The maximum atomic E-state index is 5.47. The van der Waals surface area contributed by atoms with E-state index in [9.17, 15) is 0 Å². The van der Waals surface area contributed by atoms with E-state index in [-0.39, 0.29) is 0 Å². The van der Waals surface area contributed by atoms with Crippen molar-refractivity contribution in [3.8, 4) is 17.3 Å². The topological polar surface area (TPSA) is 87.5 Å². The van der Waals surface area contributed by atoms with Crippen LogP contribution in [0.15, 0.2) is 41.0 Å². The highest BCUT2D eigenvalue weighted by atomic mass is 16.3. The third kappa shape index (κ3) is 3.01. The summed E-state index contributed by atoms with van der Waals surface area (Å²) in [4.78, 5) is 4.71. The van der Waals surface area contributed by atoms with Crippen molar-refractivity contribution in [2.45, 2.75) is 33.7 Å². The molecule has 8 nitrogen and oxygen atoms in total. The molecule has 0 saturated heterocycles. The number of furan rings is 1. The van der Waals surface area contributed by atoms with E-state index < -0.39 is 0 Å². The molecule has 0 spiro atoms. The highest BCUT2D eigenvalue weighted by Gasteiger charge is 2.17. The van der Waals surface area contributed by atoms with Gasteiger partial charge in [-0.25, -0.2) is 14.3 Å². The smallest absolute Gasteiger partial charge is 0.217 e. The van der Waals surface area contributed by atoms with Gasteiger partial charge in [-0.1, -0.05) is 12.1 Å². The van der Waals surface area contributed by atoms with Crippen LogP contribution in [-0.4, -0.2) is 35.0 Å². The molecule has 3 heterocycles. The monoisotopic (exact) mass is 349 g/mol. The summed E-state index contributed by atoms with van der Waals surface area (Å²) in [5, 5.41) is 16.3. The molecule has 0 fully saturated rings. The van der Waals surface area contributed by atoms with Gasteiger partial charge in [0.1, 0.15) is 11.6 Å². The van der Waals surface area contributed by atoms with E-state index in [1.54, 1.807) is 10.9 Å². The fraction of sp³-hybridized carbons (Fsp3) is 0.278. The van der Waals surface area contributed by atoms with E-state index in [0.29, 0.717) is 24.6 Å². The summed E-state index contributed by atoms with van der Waals surface area (Å²) in [6.07, 6.45) is 2.27. The molecule has 0 N–H and O–H groups in total. The molecule has 0 aliphatic heterocycles. The molecule has 4 rings (SSSR count). The Balaban J connectivity index is 1.75. The number of hydrogen-bond acceptors (Lipinski definition) is 6. The standard InChI is InChI=1S/C18H19N7O/c1-12-6-7-13(2)15(11-12)25-17(8-9-24-14(3)20-22-23-24)19-18(21-25)16-5-4-10-26-16/h4-7,10-11H,8-9H2,1-3H3. The number of benzene rings is 1. The molecule has 3 aromatic heterocycles. The van der Waals surface area contributed by atoms with Crippen molar-refractivity contribution in [2.75, 3.05) is 0 Å². The average Bonchev–Trinajstić information content (AvgIpc) is 3.35. The molecule has 0 radical (unpaired) electrons. The van der Waals surface area contributed by atoms with Crippen LogP contribution in [0.25, 0.3) is 17.3 Å². The maximum Gasteiger partial charge on any atom is 0.217 e. The number of hydrogen-bond donors (Lipinski definition) is 0. The van der Waals surface area contributed by atoms with E-state index in [1.807, 2.05) is 23.7 Å². The van der Waals surface area contributed by atoms with E-state index in [4.69, 9.17) is 14.5 Å². The molecular weight excluding hydrogens is 330 g/mol. The number of rotatable bonds is 5. The minimum atomic E-state index is 0.569. The number of aryl methyl sites for hydroxylation is 5. The SMILES string of the molecule is Cc1ccc(C)c(-n2nc(-c3ccco3)nc2CCn2nnnc2C)c1. The van der Waals surface area contributed by atoms with Crippen molar-refractivity contribution in [1.29, 1.82) is 0 Å². The Labute approximate surface area is 150 Å². The van der Waals surface area contributed by atoms with Gasteiger partial charge in [0.15, 0.2) is 5.76 Å². The lowest BCUT2D eigenvalue weighted by atomic mass is 10.1. The minimum Gasteiger partial charge on any atom is -0.461 e. The predicted molar refractivity (Wildman–Crippen MR) is 94.8 cm³/mol. The van der Waals surface area contributed by atoms with E-state index in [2.05, 4.69) is 47.6 Å². The van der Waals surface area contributed by atoms with Crippen LogP contribution in [0.2, 0.25) is 0 Å². The Bertz CT molecular complexity index is 1030. The quantitative estimate of drug-likeness (QED) is 0.550. The normalized spacial score (nSPS) is 11.2. The second-order valence-corrected chi connectivity index (χ2v) is 6.23. The summed E-state index contributed by atoms with van der Waals surface area (Å²) in [5.41, 5.74) is 3.31. The molecule has 26 heavy (non-hydrogen) atoms. The molecule has 0 aliphatic carbocycles. The summed E-state index contributed by atoms with van der Waals surface area (Å²) in [6.45, 7) is 6.64. The molecule has 0 atom stereocenters. The molecular formula is C18H19N7O. The lowest BCUT2D eigenvalue weighted by molar-refractivity contribution is 0.558. The van der Waals surface area contributed by atoms with Crippen molar-refractivity contribution in [3.05, 3.63) is 59.4 Å². The van der Waals surface area contributed by atoms with Gasteiger partial charge < -0.3 is 4.42 Å². The summed E-state index contributed by atoms with van der Waals surface area (Å²) >= 11 is 0.